The number of hydrogen-bond acceptors (Lipinski definition) is 7. The number of alkyl carbamates (subject to hydrolysis) is 1. The standard InChI is InChI=1S/C37H55N3O7/c1-11-13-22-40(33(43)29(24(3)12-2)39-35(45)47-37(8,9)10)30(27-21-17-18-25(4)31(27)41)32(42)38-28(34(44)46-36(5,6)7)23-26-19-15-14-16-20-26/h14-21,24,28-30,41H,11-13,22-23H2,1-10H3,(H,38,42)(H,39,45). The molecule has 0 aliphatic rings. The molecule has 260 valence electrons. The summed E-state index contributed by atoms with van der Waals surface area (Å²) in [6.07, 6.45) is 1.20. The van der Waals surface area contributed by atoms with Gasteiger partial charge in [-0.1, -0.05) is 82.1 Å². The molecule has 2 rings (SSSR count). The van der Waals surface area contributed by atoms with Gasteiger partial charge < -0.3 is 30.1 Å². The predicted molar refractivity (Wildman–Crippen MR) is 183 cm³/mol. The van der Waals surface area contributed by atoms with Crippen LogP contribution in [0.25, 0.3) is 0 Å². The second-order valence-electron chi connectivity index (χ2n) is 14.1. The fraction of sp³-hybridized carbons (Fsp3) is 0.568. The van der Waals surface area contributed by atoms with Crippen LogP contribution in [0.4, 0.5) is 4.79 Å². The first-order chi connectivity index (χ1) is 21.9. The van der Waals surface area contributed by atoms with Crippen molar-refractivity contribution in [2.75, 3.05) is 6.54 Å². The highest BCUT2D eigenvalue weighted by Crippen LogP contribution is 2.33. The molecule has 0 heterocycles. The zero-order chi connectivity index (χ0) is 35.5. The Bertz CT molecular complexity index is 1350. The van der Waals surface area contributed by atoms with Gasteiger partial charge in [-0.15, -0.1) is 0 Å². The number of rotatable bonds is 14. The van der Waals surface area contributed by atoms with Crippen LogP contribution in [-0.2, 0) is 30.3 Å². The minimum atomic E-state index is -1.33. The molecular formula is C37H55N3O7. The number of carbonyl (C=O) groups excluding carboxylic acids is 4. The first-order valence-corrected chi connectivity index (χ1v) is 16.5. The van der Waals surface area contributed by atoms with E-state index in [1.54, 1.807) is 66.7 Å². The van der Waals surface area contributed by atoms with Gasteiger partial charge >= 0.3 is 12.1 Å². The second-order valence-corrected chi connectivity index (χ2v) is 14.1. The number of amides is 3. The number of carbonyl (C=O) groups is 4. The molecule has 0 radical (unpaired) electrons. The summed E-state index contributed by atoms with van der Waals surface area (Å²) >= 11 is 0. The zero-order valence-electron chi connectivity index (χ0n) is 29.8. The average molecular weight is 654 g/mol. The van der Waals surface area contributed by atoms with E-state index < -0.39 is 53.2 Å². The molecule has 0 fully saturated rings. The van der Waals surface area contributed by atoms with Gasteiger partial charge in [-0.3, -0.25) is 9.59 Å². The van der Waals surface area contributed by atoms with Crippen LogP contribution in [0, 0.1) is 12.8 Å². The predicted octanol–water partition coefficient (Wildman–Crippen LogP) is 6.38. The lowest BCUT2D eigenvalue weighted by molar-refractivity contribution is -0.159. The molecule has 4 unspecified atom stereocenters. The van der Waals surface area contributed by atoms with E-state index >= 15 is 0 Å². The van der Waals surface area contributed by atoms with Crippen molar-refractivity contribution >= 4 is 23.9 Å². The maximum absolute atomic E-state index is 14.6. The van der Waals surface area contributed by atoms with Crippen molar-refractivity contribution in [2.45, 2.75) is 124 Å². The van der Waals surface area contributed by atoms with Crippen LogP contribution in [0.3, 0.4) is 0 Å². The number of nitrogens with one attached hydrogen (secondary N) is 2. The highest BCUT2D eigenvalue weighted by Gasteiger charge is 2.40. The molecule has 10 nitrogen and oxygen atoms in total. The van der Waals surface area contributed by atoms with Crippen LogP contribution in [0.15, 0.2) is 48.5 Å². The third-order valence-electron chi connectivity index (χ3n) is 7.60. The Morgan fingerprint density at radius 3 is 2.04 bits per heavy atom. The van der Waals surface area contributed by atoms with Gasteiger partial charge in [0.15, 0.2) is 0 Å². The summed E-state index contributed by atoms with van der Waals surface area (Å²) in [5.41, 5.74) is -0.0854. The number of hydrogen-bond donors (Lipinski definition) is 3. The molecule has 3 N–H and O–H groups in total. The van der Waals surface area contributed by atoms with E-state index in [0.717, 1.165) is 5.56 Å². The second kappa shape index (κ2) is 17.2. The molecule has 47 heavy (non-hydrogen) atoms. The lowest BCUT2D eigenvalue weighted by Crippen LogP contribution is -2.56. The number of aryl methyl sites for hydroxylation is 1. The van der Waals surface area contributed by atoms with Gasteiger partial charge in [-0.25, -0.2) is 9.59 Å². The van der Waals surface area contributed by atoms with Gasteiger partial charge in [0.1, 0.15) is 35.1 Å². The summed E-state index contributed by atoms with van der Waals surface area (Å²) in [7, 11) is 0. The molecule has 3 amide bonds. The van der Waals surface area contributed by atoms with E-state index in [2.05, 4.69) is 10.6 Å². The lowest BCUT2D eigenvalue weighted by Gasteiger charge is -2.37. The van der Waals surface area contributed by atoms with Crippen molar-refractivity contribution in [1.82, 2.24) is 15.5 Å². The van der Waals surface area contributed by atoms with Crippen LogP contribution in [-0.4, -0.2) is 63.7 Å². The topological polar surface area (TPSA) is 134 Å². The first kappa shape index (κ1) is 39.1. The van der Waals surface area contributed by atoms with Crippen LogP contribution < -0.4 is 10.6 Å². The Morgan fingerprint density at radius 2 is 1.49 bits per heavy atom. The molecule has 4 atom stereocenters. The quantitative estimate of drug-likeness (QED) is 0.202. The summed E-state index contributed by atoms with van der Waals surface area (Å²) in [6.45, 7) is 18.0. The molecule has 0 saturated carbocycles. The van der Waals surface area contributed by atoms with Crippen molar-refractivity contribution in [1.29, 1.82) is 0 Å². The van der Waals surface area contributed by atoms with Gasteiger partial charge in [0.25, 0.3) is 0 Å². The molecule has 0 aliphatic carbocycles. The van der Waals surface area contributed by atoms with E-state index in [4.69, 9.17) is 9.47 Å². The zero-order valence-corrected chi connectivity index (χ0v) is 29.8. The maximum Gasteiger partial charge on any atom is 0.408 e. The van der Waals surface area contributed by atoms with E-state index in [0.29, 0.717) is 24.8 Å². The molecule has 0 bridgehead atoms. The summed E-state index contributed by atoms with van der Waals surface area (Å²) in [6, 6.07) is 10.8. The minimum absolute atomic E-state index is 0.140. The molecule has 2 aromatic carbocycles. The highest BCUT2D eigenvalue weighted by atomic mass is 16.6. The van der Waals surface area contributed by atoms with Crippen molar-refractivity contribution < 1.29 is 33.8 Å². The Morgan fingerprint density at radius 1 is 0.872 bits per heavy atom. The van der Waals surface area contributed by atoms with E-state index in [1.807, 2.05) is 51.1 Å². The van der Waals surface area contributed by atoms with Gasteiger partial charge in [-0.05, 0) is 71.9 Å². The monoisotopic (exact) mass is 653 g/mol. The summed E-state index contributed by atoms with van der Waals surface area (Å²) in [5, 5.41) is 16.9. The van der Waals surface area contributed by atoms with Crippen LogP contribution >= 0.6 is 0 Å². The largest absolute Gasteiger partial charge is 0.507 e. The number of phenolic OH excluding ortho intramolecular Hbond substituents is 1. The normalized spacial score (nSPS) is 14.3. The van der Waals surface area contributed by atoms with Crippen molar-refractivity contribution in [2.24, 2.45) is 5.92 Å². The van der Waals surface area contributed by atoms with Gasteiger partial charge in [0.2, 0.25) is 11.8 Å². The van der Waals surface area contributed by atoms with E-state index in [1.165, 1.54) is 4.90 Å². The van der Waals surface area contributed by atoms with Crippen molar-refractivity contribution in [3.05, 3.63) is 65.2 Å². The molecule has 0 spiro atoms. The Labute approximate surface area is 280 Å². The number of nitrogens with zero attached hydrogens (tertiary/aromatic N) is 1. The van der Waals surface area contributed by atoms with Crippen molar-refractivity contribution in [3.63, 3.8) is 0 Å². The Kier molecular flexibility index (Phi) is 14.3. The average Bonchev–Trinajstić information content (AvgIpc) is 2.97. The van der Waals surface area contributed by atoms with Crippen LogP contribution in [0.2, 0.25) is 0 Å². The lowest BCUT2D eigenvalue weighted by atomic mass is 9.94. The fourth-order valence-electron chi connectivity index (χ4n) is 5.01. The number of unbranched alkanes of at least 4 members (excludes halogenated alkanes) is 1. The third-order valence-corrected chi connectivity index (χ3v) is 7.60. The van der Waals surface area contributed by atoms with E-state index in [9.17, 15) is 24.3 Å². The number of aromatic hydroxyl groups is 1. The smallest absolute Gasteiger partial charge is 0.408 e. The van der Waals surface area contributed by atoms with Gasteiger partial charge in [-0.2, -0.15) is 0 Å². The molecule has 10 heteroatoms. The maximum atomic E-state index is 14.6. The third kappa shape index (κ3) is 12.2. The summed E-state index contributed by atoms with van der Waals surface area (Å²) in [4.78, 5) is 56.9. The fourth-order valence-corrected chi connectivity index (χ4v) is 5.01. The number of benzene rings is 2. The minimum Gasteiger partial charge on any atom is -0.507 e. The van der Waals surface area contributed by atoms with Crippen LogP contribution in [0.5, 0.6) is 5.75 Å². The van der Waals surface area contributed by atoms with Gasteiger partial charge in [0, 0.05) is 18.5 Å². The highest BCUT2D eigenvalue weighted by molar-refractivity contribution is 5.94. The van der Waals surface area contributed by atoms with Gasteiger partial charge in [0.05, 0.1) is 0 Å². The molecule has 0 saturated heterocycles. The first-order valence-electron chi connectivity index (χ1n) is 16.5. The van der Waals surface area contributed by atoms with E-state index in [-0.39, 0.29) is 30.2 Å². The molecular weight excluding hydrogens is 598 g/mol. The Balaban J connectivity index is 2.68. The summed E-state index contributed by atoms with van der Waals surface area (Å²) in [5.74, 6) is -2.25. The van der Waals surface area contributed by atoms with Crippen molar-refractivity contribution in [3.8, 4) is 5.75 Å². The molecule has 0 aromatic heterocycles. The Hall–Kier alpha value is -4.08. The number of ether oxygens (including phenoxy) is 2. The summed E-state index contributed by atoms with van der Waals surface area (Å²) < 4.78 is 11.2. The molecule has 0 aliphatic heterocycles. The molecule has 2 aromatic rings. The number of esters is 1. The number of phenols is 1. The van der Waals surface area contributed by atoms with Crippen LogP contribution in [0.1, 0.15) is 104 Å². The number of para-hydroxylation sites is 1. The SMILES string of the molecule is CCCCN(C(=O)C(NC(=O)OC(C)(C)C)C(C)CC)C(C(=O)NC(Cc1ccccc1)C(=O)OC(C)(C)C)c1cccc(C)c1O.